The van der Waals surface area contributed by atoms with Crippen molar-refractivity contribution in [1.82, 2.24) is 18.7 Å². The number of fused-ring (bicyclic) bond motifs is 4. The third-order valence-electron chi connectivity index (χ3n) is 10.7. The van der Waals surface area contributed by atoms with E-state index in [-0.39, 0.29) is 16.2 Å². The van der Waals surface area contributed by atoms with E-state index >= 15 is 0 Å². The first-order chi connectivity index (χ1) is 26.8. The molecule has 3 heterocycles. The largest absolute Gasteiger partial charge is 0.503 e. The quantitative estimate of drug-likeness (QED) is 0.160. The van der Waals surface area contributed by atoms with Gasteiger partial charge in [-0.05, 0) is 84.9 Å². The van der Waals surface area contributed by atoms with Gasteiger partial charge in [0, 0.05) is 55.6 Å². The Labute approximate surface area is 328 Å². The molecular weight excluding hydrogens is 673 g/mol. The number of aromatic nitrogens is 2. The summed E-state index contributed by atoms with van der Waals surface area (Å²) >= 11 is 0. The van der Waals surface area contributed by atoms with Crippen LogP contribution in [-0.4, -0.2) is 15.6 Å². The van der Waals surface area contributed by atoms with Crippen molar-refractivity contribution in [3.63, 3.8) is 0 Å². The molecule has 55 heavy (non-hydrogen) atoms. The van der Waals surface area contributed by atoms with Crippen molar-refractivity contribution in [2.75, 3.05) is 0 Å². The number of ether oxygens (including phenoxy) is 1. The van der Waals surface area contributed by atoms with Crippen LogP contribution in [0.15, 0.2) is 121 Å². The third-order valence-corrected chi connectivity index (χ3v) is 10.7. The highest BCUT2D eigenvalue weighted by atomic mass is 16.5. The Kier molecular flexibility index (Phi) is 8.11. The van der Waals surface area contributed by atoms with Crippen LogP contribution in [0.1, 0.15) is 94.2 Å². The highest BCUT2D eigenvalue weighted by Crippen LogP contribution is 2.42. The molecule has 1 aliphatic rings. The normalized spacial score (nSPS) is 14.1. The summed E-state index contributed by atoms with van der Waals surface area (Å²) in [6.07, 6.45) is 0.307. The van der Waals surface area contributed by atoms with Gasteiger partial charge in [-0.3, -0.25) is 4.57 Å². The number of pyridine rings is 1. The fourth-order valence-corrected chi connectivity index (χ4v) is 7.43. The summed E-state index contributed by atoms with van der Waals surface area (Å²) in [6, 6.07) is 43.3. The number of hydrogen-bond donors (Lipinski definition) is 0. The minimum Gasteiger partial charge on any atom is -0.457 e. The molecule has 0 saturated heterocycles. The van der Waals surface area contributed by atoms with Gasteiger partial charge >= 0.3 is 11.7 Å². The number of aryl methyl sites for hydroxylation is 1. The lowest BCUT2D eigenvalue weighted by molar-refractivity contribution is 0.483. The van der Waals surface area contributed by atoms with Gasteiger partial charge in [0.2, 0.25) is 11.4 Å². The van der Waals surface area contributed by atoms with Gasteiger partial charge in [-0.15, -0.1) is 0 Å². The zero-order valence-corrected chi connectivity index (χ0v) is 33.7. The maximum absolute atomic E-state index is 8.88. The maximum Gasteiger partial charge on any atom is 0.503 e. The molecule has 0 saturated carbocycles. The molecule has 2 aromatic heterocycles. The van der Waals surface area contributed by atoms with Crippen molar-refractivity contribution < 1.29 is 7.48 Å². The first kappa shape index (κ1) is 33.8. The lowest BCUT2D eigenvalue weighted by atomic mass is 9.80. The fraction of sp³-hybridized carbons (Fsp3) is 0.280. The summed E-state index contributed by atoms with van der Waals surface area (Å²) in [5, 5.41) is 2.29. The molecule has 0 amide bonds. The number of rotatable bonds is 6. The lowest BCUT2D eigenvalue weighted by Gasteiger charge is -2.24. The summed E-state index contributed by atoms with van der Waals surface area (Å²) in [7, 11) is 0. The average molecular weight is 727 g/mol. The van der Waals surface area contributed by atoms with E-state index in [9.17, 15) is 0 Å². The Balaban J connectivity index is 1.26. The number of benzene rings is 5. The van der Waals surface area contributed by atoms with Crippen LogP contribution < -0.4 is 13.9 Å². The van der Waals surface area contributed by atoms with Crippen LogP contribution in [-0.2, 0) is 22.6 Å². The predicted molar refractivity (Wildman–Crippen MR) is 231 cm³/mol. The number of hydrogen-bond acceptors (Lipinski definition) is 2. The van der Waals surface area contributed by atoms with Crippen molar-refractivity contribution in [3.05, 3.63) is 144 Å². The van der Waals surface area contributed by atoms with Crippen molar-refractivity contribution in [2.24, 2.45) is 0 Å². The van der Waals surface area contributed by atoms with Gasteiger partial charge in [-0.1, -0.05) is 112 Å². The van der Waals surface area contributed by atoms with E-state index in [0.29, 0.717) is 17.1 Å². The molecule has 0 aliphatic carbocycles. The Morgan fingerprint density at radius 3 is 2.00 bits per heavy atom. The fourth-order valence-electron chi connectivity index (χ4n) is 7.43. The van der Waals surface area contributed by atoms with Crippen LogP contribution >= 0.6 is 0 Å². The third kappa shape index (κ3) is 6.68. The van der Waals surface area contributed by atoms with Crippen molar-refractivity contribution in [3.8, 4) is 17.3 Å². The smallest absolute Gasteiger partial charge is 0.457 e. The van der Waals surface area contributed by atoms with Crippen molar-refractivity contribution in [1.29, 1.82) is 0 Å². The maximum atomic E-state index is 8.88. The summed E-state index contributed by atoms with van der Waals surface area (Å²) in [4.78, 5) is 4.85. The number of para-hydroxylation sites is 2. The molecule has 8 rings (SSSR count). The summed E-state index contributed by atoms with van der Waals surface area (Å²) < 4.78 is 30.7. The van der Waals surface area contributed by atoms with Crippen molar-refractivity contribution in [2.45, 2.75) is 91.9 Å². The highest BCUT2D eigenvalue weighted by Gasteiger charge is 2.39. The second-order valence-corrected chi connectivity index (χ2v) is 17.7. The van der Waals surface area contributed by atoms with Gasteiger partial charge < -0.3 is 4.74 Å². The van der Waals surface area contributed by atoms with Gasteiger partial charge in [0.25, 0.3) is 5.69 Å². The first-order valence-corrected chi connectivity index (χ1v) is 19.2. The van der Waals surface area contributed by atoms with E-state index in [4.69, 9.17) is 12.5 Å². The average Bonchev–Trinajstić information content (AvgIpc) is 3.70. The zero-order valence-electron chi connectivity index (χ0n) is 35.7. The summed E-state index contributed by atoms with van der Waals surface area (Å²) in [6.45, 7) is 21.7. The van der Waals surface area contributed by atoms with Crippen molar-refractivity contribution >= 4 is 50.6 Å². The molecule has 0 atom stereocenters. The first-order valence-electron chi connectivity index (χ1n) is 20.2. The topological polar surface area (TPSA) is 33.1 Å². The van der Waals surface area contributed by atoms with E-state index in [1.165, 1.54) is 16.7 Å². The Morgan fingerprint density at radius 1 is 0.618 bits per heavy atom. The molecule has 7 aromatic rings. The second kappa shape index (κ2) is 13.2. The molecule has 0 spiro atoms. The van der Waals surface area contributed by atoms with E-state index in [0.717, 1.165) is 50.4 Å². The second-order valence-electron chi connectivity index (χ2n) is 17.7. The van der Waals surface area contributed by atoms with Crippen LogP contribution in [0.25, 0.3) is 27.6 Å². The molecule has 5 nitrogen and oxygen atoms in total. The monoisotopic (exact) mass is 726 g/mol. The molecule has 5 aromatic carbocycles. The van der Waals surface area contributed by atoms with Crippen LogP contribution in [0.3, 0.4) is 0 Å². The minimum atomic E-state index is -1.59. The van der Waals surface area contributed by atoms with Crippen LogP contribution in [0, 0.1) is 0 Å². The van der Waals surface area contributed by atoms with Crippen LogP contribution in [0.2, 0.25) is 0 Å². The molecule has 0 N–H and O–H groups in total. The summed E-state index contributed by atoms with van der Waals surface area (Å²) in [5.41, 5.74) is 9.60. The number of nitrogens with zero attached hydrogens (tertiary/aromatic N) is 4. The van der Waals surface area contributed by atoms with Gasteiger partial charge in [-0.2, -0.15) is 0 Å². The molecule has 0 radical (unpaired) electrons. The molecule has 5 heteroatoms. The van der Waals surface area contributed by atoms with E-state index < -0.39 is 6.37 Å². The molecule has 0 bridgehead atoms. The van der Waals surface area contributed by atoms with E-state index in [2.05, 4.69) is 140 Å². The van der Waals surface area contributed by atoms with Gasteiger partial charge in [0.15, 0.2) is 0 Å². The zero-order chi connectivity index (χ0) is 40.7. The van der Waals surface area contributed by atoms with E-state index in [1.54, 1.807) is 6.92 Å². The molecule has 0 unspecified atom stereocenters. The highest BCUT2D eigenvalue weighted by molar-refractivity contribution is 6.09. The Bertz CT molecular complexity index is 2760. The van der Waals surface area contributed by atoms with Gasteiger partial charge in [-0.25, -0.2) is 4.98 Å². The Hall–Kier alpha value is -5.77. The van der Waals surface area contributed by atoms with Gasteiger partial charge in [0.1, 0.15) is 17.3 Å². The van der Waals surface area contributed by atoms with E-state index in [1.807, 2.05) is 63.9 Å². The molecule has 0 fully saturated rings. The van der Waals surface area contributed by atoms with Crippen LogP contribution in [0.5, 0.6) is 11.5 Å². The molecule has 1 aliphatic heterocycles. The standard InChI is InChI=1S/C50H52N4O/c1-11-33-16-14-21-44-47(33)53(38-27-35(49(5,6)7)26-36(28-38)50(8,9)10)32-52(44)37-17-15-18-39(30-37)55-40-22-23-42-41-19-12-13-20-43(41)54(45(42)31-40)46-29-34(24-25-51-46)48(2,3)4/h12-31H,11H2,1-10H3/q+2/i11D2. The van der Waals surface area contributed by atoms with Crippen LogP contribution in [0.4, 0.5) is 22.7 Å². The molecule has 276 valence electrons. The molecular formula is C50H52N4O+2. The van der Waals surface area contributed by atoms with Gasteiger partial charge in [0.05, 0.1) is 17.1 Å². The summed E-state index contributed by atoms with van der Waals surface area (Å²) in [5.74, 6) is 2.26. The predicted octanol–water partition coefficient (Wildman–Crippen LogP) is 13.3. The minimum absolute atomic E-state index is 0.0209. The Morgan fingerprint density at radius 2 is 1.29 bits per heavy atom. The lowest BCUT2D eigenvalue weighted by Crippen LogP contribution is -2.17. The SMILES string of the molecule is [2H]C([2H])(C)c1cccc2c1[N+](c1cc(C(C)(C)C)cc(C(C)(C)C)c1)=C=[N+]2c1cccc(Oc2ccc3c4ccccc4n(-c4cc(C(C)(C)C)ccn4)c3c2)c1.